The number of anilines is 1. The quantitative estimate of drug-likeness (QED) is 0.633. The number of imidazole rings is 1. The molecule has 0 fully saturated rings. The maximum Gasteiger partial charge on any atom is 0.573 e. The van der Waals surface area contributed by atoms with Crippen LogP contribution in [0.2, 0.25) is 0 Å². The monoisotopic (exact) mass is 410 g/mol. The predicted octanol–water partition coefficient (Wildman–Crippen LogP) is 3.84. The van der Waals surface area contributed by atoms with Crippen LogP contribution >= 0.6 is 0 Å². The molecule has 0 aliphatic carbocycles. The lowest BCUT2D eigenvalue weighted by Gasteiger charge is -2.23. The number of fused-ring (bicyclic) bond motifs is 1. The number of hydrogen-bond acceptors (Lipinski definition) is 7. The van der Waals surface area contributed by atoms with Crippen molar-refractivity contribution in [3.63, 3.8) is 0 Å². The minimum atomic E-state index is -4.79. The molecule has 2 aromatic heterocycles. The fourth-order valence-corrected chi connectivity index (χ4v) is 2.93. The summed E-state index contributed by atoms with van der Waals surface area (Å²) in [5, 5.41) is 0. The highest BCUT2D eigenvalue weighted by molar-refractivity contribution is 5.48. The smallest absolute Gasteiger partial charge is 0.444 e. The number of aromatic nitrogens is 3. The summed E-state index contributed by atoms with van der Waals surface area (Å²) in [6, 6.07) is 5.41. The van der Waals surface area contributed by atoms with Crippen molar-refractivity contribution in [2.45, 2.75) is 26.4 Å². The van der Waals surface area contributed by atoms with Gasteiger partial charge in [-0.25, -0.2) is 4.98 Å². The molecule has 3 heterocycles. The van der Waals surface area contributed by atoms with Crippen molar-refractivity contribution in [2.75, 3.05) is 18.7 Å². The van der Waals surface area contributed by atoms with Crippen molar-refractivity contribution >= 4 is 5.82 Å². The summed E-state index contributed by atoms with van der Waals surface area (Å²) in [5.41, 5.74) is 0.743. The van der Waals surface area contributed by atoms with Gasteiger partial charge in [0, 0.05) is 13.1 Å². The van der Waals surface area contributed by atoms with Gasteiger partial charge in [-0.2, -0.15) is 4.98 Å². The summed E-state index contributed by atoms with van der Waals surface area (Å²) >= 11 is 0. The van der Waals surface area contributed by atoms with E-state index in [1.165, 1.54) is 18.2 Å². The molecule has 3 aromatic rings. The maximum absolute atomic E-state index is 12.5. The first-order valence-electron chi connectivity index (χ1n) is 8.62. The summed E-state index contributed by atoms with van der Waals surface area (Å²) in [6.45, 7) is 2.66. The van der Waals surface area contributed by atoms with Crippen LogP contribution in [0.3, 0.4) is 0 Å². The second-order valence-corrected chi connectivity index (χ2v) is 6.42. The summed E-state index contributed by atoms with van der Waals surface area (Å²) in [4.78, 5) is 10.5. The van der Waals surface area contributed by atoms with E-state index in [0.29, 0.717) is 30.8 Å². The van der Waals surface area contributed by atoms with Crippen LogP contribution in [-0.2, 0) is 17.9 Å². The molecule has 0 atom stereocenters. The summed E-state index contributed by atoms with van der Waals surface area (Å²) in [7, 11) is 1.81. The van der Waals surface area contributed by atoms with Gasteiger partial charge in [0.15, 0.2) is 5.82 Å². The molecule has 29 heavy (non-hydrogen) atoms. The first-order chi connectivity index (χ1) is 13.8. The van der Waals surface area contributed by atoms with Gasteiger partial charge in [0.05, 0.1) is 18.5 Å². The van der Waals surface area contributed by atoms with Crippen LogP contribution in [0, 0.1) is 6.92 Å². The van der Waals surface area contributed by atoms with Gasteiger partial charge in [-0.3, -0.25) is 4.57 Å². The van der Waals surface area contributed by atoms with Gasteiger partial charge in [0.25, 0.3) is 0 Å². The fourth-order valence-electron chi connectivity index (χ4n) is 2.93. The van der Waals surface area contributed by atoms with E-state index in [0.717, 1.165) is 11.8 Å². The fraction of sp³-hybridized carbons (Fsp3) is 0.333. The molecule has 0 saturated heterocycles. The third-order valence-electron chi connectivity index (χ3n) is 4.11. The lowest BCUT2D eigenvalue weighted by atomic mass is 10.3. The van der Waals surface area contributed by atoms with Crippen molar-refractivity contribution in [3.8, 4) is 17.5 Å². The van der Waals surface area contributed by atoms with Crippen molar-refractivity contribution < 1.29 is 31.8 Å². The molecule has 1 aliphatic heterocycles. The van der Waals surface area contributed by atoms with E-state index in [1.807, 2.05) is 7.05 Å². The van der Waals surface area contributed by atoms with Crippen LogP contribution in [0.5, 0.6) is 17.5 Å². The molecule has 1 aromatic carbocycles. The van der Waals surface area contributed by atoms with Crippen molar-refractivity contribution in [2.24, 2.45) is 0 Å². The second-order valence-electron chi connectivity index (χ2n) is 6.42. The largest absolute Gasteiger partial charge is 0.573 e. The van der Waals surface area contributed by atoms with E-state index >= 15 is 0 Å². The lowest BCUT2D eigenvalue weighted by molar-refractivity contribution is -0.274. The van der Waals surface area contributed by atoms with E-state index in [4.69, 9.17) is 13.9 Å². The van der Waals surface area contributed by atoms with Gasteiger partial charge in [0.2, 0.25) is 5.89 Å². The molecule has 0 unspecified atom stereocenters. The van der Waals surface area contributed by atoms with Gasteiger partial charge in [-0.1, -0.05) is 6.07 Å². The molecule has 8 nitrogen and oxygen atoms in total. The van der Waals surface area contributed by atoms with Gasteiger partial charge >= 0.3 is 12.4 Å². The predicted molar refractivity (Wildman–Crippen MR) is 93.8 cm³/mol. The zero-order valence-corrected chi connectivity index (χ0v) is 15.6. The van der Waals surface area contributed by atoms with E-state index in [9.17, 15) is 13.2 Å². The average Bonchev–Trinajstić information content (AvgIpc) is 3.19. The number of hydrogen-bond donors (Lipinski definition) is 0. The van der Waals surface area contributed by atoms with Crippen molar-refractivity contribution in [1.82, 2.24) is 14.5 Å². The summed E-state index contributed by atoms with van der Waals surface area (Å²) < 4.78 is 60.0. The highest BCUT2D eigenvalue weighted by Gasteiger charge is 2.31. The Morgan fingerprint density at radius 2 is 2.03 bits per heavy atom. The third-order valence-corrected chi connectivity index (χ3v) is 4.11. The van der Waals surface area contributed by atoms with Gasteiger partial charge in [0.1, 0.15) is 30.5 Å². The molecule has 11 heteroatoms. The Hall–Kier alpha value is -3.21. The van der Waals surface area contributed by atoms with Crippen molar-refractivity contribution in [3.05, 3.63) is 47.8 Å². The Labute approximate surface area is 163 Å². The summed E-state index contributed by atoms with van der Waals surface area (Å²) in [6.07, 6.45) is -3.20. The number of alkyl halides is 3. The van der Waals surface area contributed by atoms with Crippen LogP contribution in [0.1, 0.15) is 17.3 Å². The third kappa shape index (κ3) is 4.29. The van der Waals surface area contributed by atoms with Crippen LogP contribution in [0.4, 0.5) is 19.0 Å². The number of aryl methyl sites for hydroxylation is 1. The molecular formula is C18H17F3N4O4. The molecule has 0 saturated carbocycles. The lowest BCUT2D eigenvalue weighted by Crippen LogP contribution is -2.27. The topological polar surface area (TPSA) is 74.8 Å². The molecule has 0 spiro atoms. The molecule has 1 aliphatic rings. The number of ether oxygens (including phenoxy) is 3. The van der Waals surface area contributed by atoms with E-state index < -0.39 is 6.36 Å². The molecule has 0 N–H and O–H groups in total. The Bertz CT molecular complexity index is 1010. The highest BCUT2D eigenvalue weighted by Crippen LogP contribution is 2.34. The van der Waals surface area contributed by atoms with Gasteiger partial charge < -0.3 is 23.5 Å². The highest BCUT2D eigenvalue weighted by atomic mass is 19.4. The number of nitrogens with zero attached hydrogens (tertiary/aromatic N) is 4. The van der Waals surface area contributed by atoms with Crippen LogP contribution in [-0.4, -0.2) is 34.7 Å². The maximum atomic E-state index is 12.5. The first kappa shape index (κ1) is 19.1. The Kier molecular flexibility index (Phi) is 4.82. The standard InChI is InChI=1S/C18H17F3N4O4/c1-11-7-22-15(27-11)8-25-14-9-26-10-24(2)16(14)23-17(25)28-12-4-3-5-13(6-12)29-18(19,20)21/h3-7H,8-10H2,1-2H3. The minimum absolute atomic E-state index is 0.141. The van der Waals surface area contributed by atoms with E-state index in [-0.39, 0.29) is 24.1 Å². The van der Waals surface area contributed by atoms with E-state index in [2.05, 4.69) is 14.7 Å². The van der Waals surface area contributed by atoms with Crippen molar-refractivity contribution in [1.29, 1.82) is 0 Å². The molecule has 154 valence electrons. The van der Waals surface area contributed by atoms with Crippen LogP contribution in [0.15, 0.2) is 34.9 Å². The van der Waals surface area contributed by atoms with Crippen LogP contribution in [0.25, 0.3) is 0 Å². The van der Waals surface area contributed by atoms with E-state index in [1.54, 1.807) is 22.6 Å². The molecular weight excluding hydrogens is 393 g/mol. The van der Waals surface area contributed by atoms with Crippen LogP contribution < -0.4 is 14.4 Å². The van der Waals surface area contributed by atoms with Gasteiger partial charge in [-0.15, -0.1) is 13.2 Å². The Morgan fingerprint density at radius 3 is 2.76 bits per heavy atom. The first-order valence-corrected chi connectivity index (χ1v) is 8.62. The molecule has 0 radical (unpaired) electrons. The molecule has 4 rings (SSSR count). The number of rotatable bonds is 5. The SMILES string of the molecule is Cc1cnc(Cn2c(Oc3cccc(OC(F)(F)F)c3)nc3c2COCN3C)o1. The number of halogens is 3. The second kappa shape index (κ2) is 7.32. The molecule has 0 amide bonds. The average molecular weight is 410 g/mol. The van der Waals surface area contributed by atoms with Gasteiger partial charge in [-0.05, 0) is 19.1 Å². The Morgan fingerprint density at radius 1 is 1.24 bits per heavy atom. The number of oxazole rings is 1. The zero-order chi connectivity index (χ0) is 20.6. The normalized spacial score (nSPS) is 14.0. The molecule has 0 bridgehead atoms. The number of benzene rings is 1. The Balaban J connectivity index is 1.67. The minimum Gasteiger partial charge on any atom is -0.444 e. The zero-order valence-electron chi connectivity index (χ0n) is 15.6. The summed E-state index contributed by atoms with van der Waals surface area (Å²) in [5.74, 6) is 1.50.